The molecular formula is C24H31BNO8. The van der Waals surface area contributed by atoms with Crippen molar-refractivity contribution in [3.05, 3.63) is 75.9 Å². The second-order valence-corrected chi connectivity index (χ2v) is 7.43. The fraction of sp³-hybridized carbons (Fsp3) is 0.417. The van der Waals surface area contributed by atoms with Crippen molar-refractivity contribution < 1.29 is 33.2 Å². The maximum Gasteiger partial charge on any atom is 0.487 e. The minimum atomic E-state index is -0.541. The number of ether oxygens (including phenoxy) is 4. The van der Waals surface area contributed by atoms with Crippen LogP contribution in [0.15, 0.2) is 54.6 Å². The van der Waals surface area contributed by atoms with Crippen LogP contribution in [-0.4, -0.2) is 53.8 Å². The lowest BCUT2D eigenvalue weighted by atomic mass is 9.94. The molecule has 10 heteroatoms. The first-order valence-electron chi connectivity index (χ1n) is 10.7. The van der Waals surface area contributed by atoms with E-state index in [1.807, 2.05) is 49.4 Å². The smallest absolute Gasteiger partial charge is 0.487 e. The zero-order valence-electron chi connectivity index (χ0n) is 20.1. The SMILES string of the molecule is CO[B]OC[C@@H](/C=C/[C@H](C)[C@@H](OC)c1cc(OC)cc([N+](=O)[O-])c1OC)OCc1ccccc1. The van der Waals surface area contributed by atoms with Crippen molar-refractivity contribution in [3.63, 3.8) is 0 Å². The van der Waals surface area contributed by atoms with Crippen molar-refractivity contribution >= 4 is 13.4 Å². The van der Waals surface area contributed by atoms with Gasteiger partial charge in [-0.05, 0) is 11.6 Å². The van der Waals surface area contributed by atoms with Crippen LogP contribution in [0.4, 0.5) is 5.69 Å². The van der Waals surface area contributed by atoms with Crippen LogP contribution in [0.25, 0.3) is 0 Å². The van der Waals surface area contributed by atoms with E-state index in [2.05, 4.69) is 0 Å². The van der Waals surface area contributed by atoms with E-state index in [9.17, 15) is 10.1 Å². The highest BCUT2D eigenvalue weighted by molar-refractivity contribution is 6.17. The summed E-state index contributed by atoms with van der Waals surface area (Å²) in [5.41, 5.74) is 1.36. The van der Waals surface area contributed by atoms with E-state index in [1.54, 1.807) is 13.2 Å². The zero-order valence-corrected chi connectivity index (χ0v) is 20.1. The average molecular weight is 472 g/mol. The quantitative estimate of drug-likeness (QED) is 0.125. The molecule has 0 aromatic heterocycles. The molecule has 0 aliphatic heterocycles. The van der Waals surface area contributed by atoms with Gasteiger partial charge in [0.1, 0.15) is 5.75 Å². The Morgan fingerprint density at radius 1 is 1.06 bits per heavy atom. The number of hydrogen-bond donors (Lipinski definition) is 0. The predicted octanol–water partition coefficient (Wildman–Crippen LogP) is 4.27. The number of methoxy groups -OCH3 is 3. The molecule has 0 saturated heterocycles. The van der Waals surface area contributed by atoms with Crippen LogP contribution in [0.5, 0.6) is 11.5 Å². The van der Waals surface area contributed by atoms with E-state index in [4.69, 9.17) is 28.3 Å². The second kappa shape index (κ2) is 14.4. The Morgan fingerprint density at radius 2 is 1.79 bits per heavy atom. The maximum atomic E-state index is 11.6. The lowest BCUT2D eigenvalue weighted by molar-refractivity contribution is -0.385. The van der Waals surface area contributed by atoms with Crippen molar-refractivity contribution in [2.45, 2.75) is 25.7 Å². The minimum absolute atomic E-state index is 0.132. The molecule has 0 amide bonds. The molecule has 0 bridgehead atoms. The van der Waals surface area contributed by atoms with Gasteiger partial charge in [0.2, 0.25) is 5.75 Å². The molecule has 0 aliphatic carbocycles. The molecule has 2 rings (SSSR count). The Morgan fingerprint density at radius 3 is 2.38 bits per heavy atom. The fourth-order valence-corrected chi connectivity index (χ4v) is 3.46. The first kappa shape index (κ1) is 27.3. The molecule has 34 heavy (non-hydrogen) atoms. The van der Waals surface area contributed by atoms with Gasteiger partial charge in [-0.15, -0.1) is 0 Å². The van der Waals surface area contributed by atoms with Crippen LogP contribution in [0.3, 0.4) is 0 Å². The Labute approximate surface area is 201 Å². The van der Waals surface area contributed by atoms with E-state index < -0.39 is 11.0 Å². The summed E-state index contributed by atoms with van der Waals surface area (Å²) in [5, 5.41) is 11.6. The number of rotatable bonds is 15. The van der Waals surface area contributed by atoms with Crippen LogP contribution in [-0.2, 0) is 25.4 Å². The summed E-state index contributed by atoms with van der Waals surface area (Å²) in [7, 11) is 7.13. The molecule has 9 nitrogen and oxygen atoms in total. The average Bonchev–Trinajstić information content (AvgIpc) is 2.85. The Kier molecular flexibility index (Phi) is 11.6. The topological polar surface area (TPSA) is 98.5 Å². The molecule has 0 fully saturated rings. The van der Waals surface area contributed by atoms with Crippen molar-refractivity contribution in [2.24, 2.45) is 5.92 Å². The van der Waals surface area contributed by atoms with Crippen LogP contribution in [0.1, 0.15) is 24.2 Å². The second-order valence-electron chi connectivity index (χ2n) is 7.43. The zero-order chi connectivity index (χ0) is 24.9. The molecule has 0 heterocycles. The number of nitro groups is 1. The molecule has 0 aliphatic rings. The van der Waals surface area contributed by atoms with Crippen molar-refractivity contribution in [2.75, 3.05) is 35.0 Å². The summed E-state index contributed by atoms with van der Waals surface area (Å²) in [4.78, 5) is 11.1. The van der Waals surface area contributed by atoms with Gasteiger partial charge in [0.15, 0.2) is 0 Å². The molecule has 183 valence electrons. The summed E-state index contributed by atoms with van der Waals surface area (Å²) in [6, 6.07) is 12.8. The van der Waals surface area contributed by atoms with Gasteiger partial charge >= 0.3 is 13.4 Å². The van der Waals surface area contributed by atoms with Gasteiger partial charge in [0, 0.05) is 25.7 Å². The standard InChI is InChI=1S/C24H31BNO8/c1-17(11-12-19(16-34-25-32-5)33-15-18-9-7-6-8-10-18)23(30-3)21-13-20(29-2)14-22(26(27)28)24(21)31-4/h6-14,17,19,23H,15-16H2,1-5H3/b12-11+/t17-,19+,23+/m0/s1. The van der Waals surface area contributed by atoms with Crippen LogP contribution < -0.4 is 9.47 Å². The Balaban J connectivity index is 2.25. The highest BCUT2D eigenvalue weighted by Crippen LogP contribution is 2.42. The van der Waals surface area contributed by atoms with Gasteiger partial charge in [-0.2, -0.15) is 0 Å². The maximum absolute atomic E-state index is 11.6. The summed E-state index contributed by atoms with van der Waals surface area (Å²) < 4.78 is 32.6. The normalized spacial score (nSPS) is 13.9. The third-order valence-corrected chi connectivity index (χ3v) is 5.11. The van der Waals surface area contributed by atoms with Gasteiger partial charge in [-0.1, -0.05) is 49.4 Å². The van der Waals surface area contributed by atoms with Crippen molar-refractivity contribution in [1.29, 1.82) is 0 Å². The van der Waals surface area contributed by atoms with Crippen LogP contribution in [0.2, 0.25) is 0 Å². The summed E-state index contributed by atoms with van der Waals surface area (Å²) in [5.74, 6) is 0.279. The lowest BCUT2D eigenvalue weighted by Crippen LogP contribution is -2.20. The first-order chi connectivity index (χ1) is 16.4. The molecular weight excluding hydrogens is 441 g/mol. The molecule has 2 aromatic rings. The molecule has 0 spiro atoms. The van der Waals surface area contributed by atoms with Crippen molar-refractivity contribution in [1.82, 2.24) is 0 Å². The van der Waals surface area contributed by atoms with Gasteiger partial charge in [-0.3, -0.25) is 10.1 Å². The van der Waals surface area contributed by atoms with E-state index in [-0.39, 0.29) is 30.1 Å². The summed E-state index contributed by atoms with van der Waals surface area (Å²) in [6.07, 6.45) is 2.89. The van der Waals surface area contributed by atoms with E-state index in [0.717, 1.165) is 5.56 Å². The fourth-order valence-electron chi connectivity index (χ4n) is 3.46. The Bertz CT molecular complexity index is 925. The van der Waals surface area contributed by atoms with E-state index in [1.165, 1.54) is 35.1 Å². The summed E-state index contributed by atoms with van der Waals surface area (Å²) in [6.45, 7) is 2.59. The largest absolute Gasteiger partial charge is 0.496 e. The number of nitro benzene ring substituents is 1. The third kappa shape index (κ3) is 7.84. The molecule has 0 saturated carbocycles. The van der Waals surface area contributed by atoms with E-state index >= 15 is 0 Å². The molecule has 2 aromatic carbocycles. The predicted molar refractivity (Wildman–Crippen MR) is 128 cm³/mol. The van der Waals surface area contributed by atoms with Gasteiger partial charge in [0.05, 0.1) is 50.6 Å². The van der Waals surface area contributed by atoms with Gasteiger partial charge in [-0.25, -0.2) is 0 Å². The van der Waals surface area contributed by atoms with Crippen LogP contribution in [0, 0.1) is 16.0 Å². The number of benzene rings is 2. The van der Waals surface area contributed by atoms with Gasteiger partial charge < -0.3 is 28.3 Å². The molecule has 0 N–H and O–H groups in total. The highest BCUT2D eigenvalue weighted by Gasteiger charge is 2.28. The molecule has 1 radical (unpaired) electrons. The monoisotopic (exact) mass is 472 g/mol. The Hall–Kier alpha value is -2.92. The van der Waals surface area contributed by atoms with Crippen molar-refractivity contribution in [3.8, 4) is 11.5 Å². The number of hydrogen-bond acceptors (Lipinski definition) is 8. The summed E-state index contributed by atoms with van der Waals surface area (Å²) >= 11 is 0. The molecule has 0 unspecified atom stereocenters. The van der Waals surface area contributed by atoms with Crippen LogP contribution >= 0.6 is 0 Å². The first-order valence-corrected chi connectivity index (χ1v) is 10.7. The third-order valence-electron chi connectivity index (χ3n) is 5.11. The minimum Gasteiger partial charge on any atom is -0.496 e. The highest BCUT2D eigenvalue weighted by atomic mass is 16.6. The lowest BCUT2D eigenvalue weighted by Gasteiger charge is -2.24. The van der Waals surface area contributed by atoms with Gasteiger partial charge in [0.25, 0.3) is 0 Å². The van der Waals surface area contributed by atoms with E-state index in [0.29, 0.717) is 17.9 Å². The number of nitrogens with zero attached hydrogens (tertiary/aromatic N) is 1. The molecule has 3 atom stereocenters.